The number of rotatable bonds is 5. The number of likely N-dealkylation sites (tertiary alicyclic amines) is 1. The summed E-state index contributed by atoms with van der Waals surface area (Å²) in [4.78, 5) is 16.9. The molecule has 2 unspecified atom stereocenters. The quantitative estimate of drug-likeness (QED) is 0.860. The Kier molecular flexibility index (Phi) is 9.90. The largest absolute Gasteiger partial charge is 0.344 e. The van der Waals surface area contributed by atoms with Crippen LogP contribution >= 0.6 is 24.8 Å². The molecule has 1 aliphatic heterocycles. The van der Waals surface area contributed by atoms with Gasteiger partial charge in [0.15, 0.2) is 0 Å². The molecular formula is C18H31Cl2N3O. The zero-order valence-corrected chi connectivity index (χ0v) is 16.5. The summed E-state index contributed by atoms with van der Waals surface area (Å²) in [5.41, 5.74) is 6.22. The molecule has 2 atom stereocenters. The second-order valence-electron chi connectivity index (χ2n) is 6.71. The SMILES string of the molecule is CN(CCC1CCCCN1C)C(=O)C(C)(N)c1ccccc1.Cl.Cl. The minimum absolute atomic E-state index is 0. The first-order valence-electron chi connectivity index (χ1n) is 8.23. The van der Waals surface area contributed by atoms with E-state index in [-0.39, 0.29) is 30.7 Å². The summed E-state index contributed by atoms with van der Waals surface area (Å²) >= 11 is 0. The molecular weight excluding hydrogens is 345 g/mol. The third kappa shape index (κ3) is 5.62. The molecule has 1 saturated heterocycles. The van der Waals surface area contributed by atoms with Crippen LogP contribution in [-0.2, 0) is 10.3 Å². The highest BCUT2D eigenvalue weighted by molar-refractivity contribution is 5.87. The number of nitrogens with two attached hydrogens (primary N) is 1. The van der Waals surface area contributed by atoms with Crippen LogP contribution in [0.3, 0.4) is 0 Å². The van der Waals surface area contributed by atoms with Crippen LogP contribution in [0, 0.1) is 0 Å². The molecule has 1 aliphatic rings. The number of nitrogens with zero attached hydrogens (tertiary/aromatic N) is 2. The fourth-order valence-corrected chi connectivity index (χ4v) is 3.26. The summed E-state index contributed by atoms with van der Waals surface area (Å²) in [6, 6.07) is 10.2. The molecule has 6 heteroatoms. The van der Waals surface area contributed by atoms with E-state index in [1.165, 1.54) is 25.8 Å². The number of benzene rings is 1. The molecule has 0 aromatic heterocycles. The average molecular weight is 376 g/mol. The van der Waals surface area contributed by atoms with Crippen LogP contribution in [0.5, 0.6) is 0 Å². The smallest absolute Gasteiger partial charge is 0.246 e. The molecule has 1 fully saturated rings. The molecule has 0 radical (unpaired) electrons. The van der Waals surface area contributed by atoms with E-state index in [4.69, 9.17) is 5.73 Å². The lowest BCUT2D eigenvalue weighted by atomic mass is 9.91. The van der Waals surface area contributed by atoms with Crippen molar-refractivity contribution < 1.29 is 4.79 Å². The summed E-state index contributed by atoms with van der Waals surface area (Å²) in [5.74, 6) is -0.0165. The van der Waals surface area contributed by atoms with Crippen LogP contribution in [-0.4, -0.2) is 48.9 Å². The van der Waals surface area contributed by atoms with Crippen molar-refractivity contribution >= 4 is 30.7 Å². The Morgan fingerprint density at radius 1 is 1.29 bits per heavy atom. The van der Waals surface area contributed by atoms with Gasteiger partial charge in [-0.2, -0.15) is 0 Å². The van der Waals surface area contributed by atoms with Crippen molar-refractivity contribution in [3.05, 3.63) is 35.9 Å². The van der Waals surface area contributed by atoms with Gasteiger partial charge in [0.25, 0.3) is 0 Å². The standard InChI is InChI=1S/C18H29N3O.2ClH/c1-18(19,15-9-5-4-6-10-15)17(22)21(3)14-12-16-11-7-8-13-20(16)2;;/h4-6,9-10,16H,7-8,11-14,19H2,1-3H3;2*1H. The summed E-state index contributed by atoms with van der Waals surface area (Å²) in [6.07, 6.45) is 4.84. The van der Waals surface area contributed by atoms with Gasteiger partial charge in [-0.15, -0.1) is 24.8 Å². The van der Waals surface area contributed by atoms with Crippen molar-refractivity contribution in [2.24, 2.45) is 5.73 Å². The lowest BCUT2D eigenvalue weighted by Gasteiger charge is -2.35. The fraction of sp³-hybridized carbons (Fsp3) is 0.611. The van der Waals surface area contributed by atoms with Crippen LogP contribution < -0.4 is 5.73 Å². The van der Waals surface area contributed by atoms with Gasteiger partial charge in [-0.3, -0.25) is 4.79 Å². The van der Waals surface area contributed by atoms with E-state index in [1.807, 2.05) is 37.4 Å². The number of carbonyl (C=O) groups excluding carboxylic acids is 1. The van der Waals surface area contributed by atoms with Gasteiger partial charge in [0.05, 0.1) is 0 Å². The van der Waals surface area contributed by atoms with Crippen molar-refractivity contribution in [1.29, 1.82) is 0 Å². The molecule has 0 bridgehead atoms. The topological polar surface area (TPSA) is 49.6 Å². The molecule has 2 N–H and O–H groups in total. The molecule has 1 amide bonds. The maximum Gasteiger partial charge on any atom is 0.246 e. The van der Waals surface area contributed by atoms with Crippen LogP contribution in [0.2, 0.25) is 0 Å². The summed E-state index contributed by atoms with van der Waals surface area (Å²) in [6.45, 7) is 3.72. The molecule has 138 valence electrons. The van der Waals surface area contributed by atoms with Crippen LogP contribution in [0.25, 0.3) is 0 Å². The first-order valence-corrected chi connectivity index (χ1v) is 8.23. The van der Waals surface area contributed by atoms with E-state index < -0.39 is 5.54 Å². The van der Waals surface area contributed by atoms with Crippen molar-refractivity contribution in [2.75, 3.05) is 27.2 Å². The Balaban J connectivity index is 0.00000264. The fourth-order valence-electron chi connectivity index (χ4n) is 3.26. The molecule has 2 rings (SSSR count). The van der Waals surface area contributed by atoms with E-state index in [1.54, 1.807) is 11.8 Å². The van der Waals surface area contributed by atoms with Gasteiger partial charge in [-0.1, -0.05) is 36.8 Å². The van der Waals surface area contributed by atoms with Crippen molar-refractivity contribution in [2.45, 2.75) is 44.2 Å². The number of hydrogen-bond acceptors (Lipinski definition) is 3. The highest BCUT2D eigenvalue weighted by Gasteiger charge is 2.33. The van der Waals surface area contributed by atoms with E-state index in [0.29, 0.717) is 6.04 Å². The molecule has 0 spiro atoms. The van der Waals surface area contributed by atoms with E-state index in [2.05, 4.69) is 11.9 Å². The monoisotopic (exact) mass is 375 g/mol. The molecule has 1 aromatic rings. The Hall–Kier alpha value is -0.810. The van der Waals surface area contributed by atoms with Gasteiger partial charge in [-0.05, 0) is 45.3 Å². The molecule has 0 aliphatic carbocycles. The number of halogens is 2. The third-order valence-corrected chi connectivity index (χ3v) is 4.88. The minimum atomic E-state index is -0.964. The van der Waals surface area contributed by atoms with Gasteiger partial charge in [0.2, 0.25) is 5.91 Å². The van der Waals surface area contributed by atoms with Gasteiger partial charge in [-0.25, -0.2) is 0 Å². The number of carbonyl (C=O) groups is 1. The van der Waals surface area contributed by atoms with Crippen LogP contribution in [0.1, 0.15) is 38.2 Å². The predicted molar refractivity (Wildman–Crippen MR) is 105 cm³/mol. The summed E-state index contributed by atoms with van der Waals surface area (Å²) in [5, 5.41) is 0. The zero-order chi connectivity index (χ0) is 16.2. The van der Waals surface area contributed by atoms with Crippen molar-refractivity contribution in [3.63, 3.8) is 0 Å². The number of piperidine rings is 1. The Labute approximate surface area is 158 Å². The second kappa shape index (κ2) is 10.2. The van der Waals surface area contributed by atoms with Crippen LogP contribution in [0.4, 0.5) is 0 Å². The van der Waals surface area contributed by atoms with E-state index in [9.17, 15) is 4.79 Å². The van der Waals surface area contributed by atoms with Gasteiger partial charge in [0.1, 0.15) is 5.54 Å². The minimum Gasteiger partial charge on any atom is -0.344 e. The van der Waals surface area contributed by atoms with E-state index in [0.717, 1.165) is 18.5 Å². The van der Waals surface area contributed by atoms with Crippen LogP contribution in [0.15, 0.2) is 30.3 Å². The maximum atomic E-state index is 12.7. The second-order valence-corrected chi connectivity index (χ2v) is 6.71. The Morgan fingerprint density at radius 2 is 1.92 bits per heavy atom. The molecule has 4 nitrogen and oxygen atoms in total. The van der Waals surface area contributed by atoms with E-state index >= 15 is 0 Å². The number of hydrogen-bond donors (Lipinski definition) is 1. The maximum absolute atomic E-state index is 12.7. The number of likely N-dealkylation sites (N-methyl/N-ethyl adjacent to an activating group) is 1. The summed E-state index contributed by atoms with van der Waals surface area (Å²) in [7, 11) is 4.04. The Morgan fingerprint density at radius 3 is 2.50 bits per heavy atom. The first kappa shape index (κ1) is 23.2. The lowest BCUT2D eigenvalue weighted by Crippen LogP contribution is -2.50. The zero-order valence-electron chi connectivity index (χ0n) is 14.9. The van der Waals surface area contributed by atoms with Gasteiger partial charge < -0.3 is 15.5 Å². The molecule has 0 saturated carbocycles. The van der Waals surface area contributed by atoms with Gasteiger partial charge in [0, 0.05) is 19.6 Å². The van der Waals surface area contributed by atoms with Gasteiger partial charge >= 0.3 is 0 Å². The lowest BCUT2D eigenvalue weighted by molar-refractivity contribution is -0.135. The number of amides is 1. The molecule has 24 heavy (non-hydrogen) atoms. The Bertz CT molecular complexity index is 496. The summed E-state index contributed by atoms with van der Waals surface area (Å²) < 4.78 is 0. The normalized spacial score (nSPS) is 20.2. The predicted octanol–water partition coefficient (Wildman–Crippen LogP) is 3.04. The molecule has 1 aromatic carbocycles. The van der Waals surface area contributed by atoms with Crippen molar-refractivity contribution in [1.82, 2.24) is 9.80 Å². The van der Waals surface area contributed by atoms with Crippen molar-refractivity contribution in [3.8, 4) is 0 Å². The average Bonchev–Trinajstić information content (AvgIpc) is 2.54. The molecule has 1 heterocycles. The first-order chi connectivity index (χ1) is 10.4. The third-order valence-electron chi connectivity index (χ3n) is 4.88. The highest BCUT2D eigenvalue weighted by atomic mass is 35.5. The highest BCUT2D eigenvalue weighted by Crippen LogP contribution is 2.21.